The predicted octanol–water partition coefficient (Wildman–Crippen LogP) is 3.33. The second kappa shape index (κ2) is 6.04. The average molecular weight is 262 g/mol. The van der Waals surface area contributed by atoms with Gasteiger partial charge >= 0.3 is 5.97 Å². The number of hydrogen-bond acceptors (Lipinski definition) is 3. The molecule has 1 aliphatic rings. The predicted molar refractivity (Wildman–Crippen MR) is 75.5 cm³/mol. The summed E-state index contributed by atoms with van der Waals surface area (Å²) in [5.41, 5.74) is 1.05. The zero-order chi connectivity index (χ0) is 13.8. The molecule has 0 saturated heterocycles. The van der Waals surface area contributed by atoms with Crippen molar-refractivity contribution in [3.63, 3.8) is 0 Å². The van der Waals surface area contributed by atoms with Crippen molar-refractivity contribution in [3.8, 4) is 0 Å². The highest BCUT2D eigenvalue weighted by molar-refractivity contribution is 5.94. The molecule has 0 amide bonds. The second-order valence-corrected chi connectivity index (χ2v) is 5.66. The molecule has 1 heterocycles. The molecule has 0 bridgehead atoms. The summed E-state index contributed by atoms with van der Waals surface area (Å²) in [4.78, 5) is 15.4. The maximum Gasteiger partial charge on any atom is 0.339 e. The van der Waals surface area contributed by atoms with Gasteiger partial charge < -0.3 is 10.4 Å². The summed E-state index contributed by atoms with van der Waals surface area (Å²) in [6.07, 6.45) is 6.66. The number of aromatic nitrogens is 1. The van der Waals surface area contributed by atoms with Gasteiger partial charge in [-0.2, -0.15) is 0 Å². The van der Waals surface area contributed by atoms with Crippen LogP contribution in [0, 0.1) is 18.8 Å². The SMILES string of the molecule is Cc1ccnc(NCC2CCC(C)CC2)c1C(=O)O. The van der Waals surface area contributed by atoms with Gasteiger partial charge in [0.25, 0.3) is 0 Å². The molecule has 0 unspecified atom stereocenters. The van der Waals surface area contributed by atoms with E-state index in [1.165, 1.54) is 25.7 Å². The van der Waals surface area contributed by atoms with Crippen LogP contribution in [-0.4, -0.2) is 22.6 Å². The van der Waals surface area contributed by atoms with E-state index in [2.05, 4.69) is 17.2 Å². The van der Waals surface area contributed by atoms with E-state index in [1.807, 2.05) is 0 Å². The molecule has 0 radical (unpaired) electrons. The molecule has 0 aromatic carbocycles. The van der Waals surface area contributed by atoms with Gasteiger partial charge in [-0.15, -0.1) is 0 Å². The van der Waals surface area contributed by atoms with Crippen LogP contribution in [0.1, 0.15) is 48.5 Å². The van der Waals surface area contributed by atoms with E-state index in [0.29, 0.717) is 17.3 Å². The maximum absolute atomic E-state index is 11.3. The van der Waals surface area contributed by atoms with Crippen LogP contribution in [0.15, 0.2) is 12.3 Å². The second-order valence-electron chi connectivity index (χ2n) is 5.66. The standard InChI is InChI=1S/C15H22N2O2/c1-10-3-5-12(6-4-10)9-17-14-13(15(18)19)11(2)7-8-16-14/h7-8,10,12H,3-6,9H2,1-2H3,(H,16,17)(H,18,19). The van der Waals surface area contributed by atoms with Gasteiger partial charge in [-0.05, 0) is 43.2 Å². The number of aryl methyl sites for hydroxylation is 1. The Morgan fingerprint density at radius 3 is 2.74 bits per heavy atom. The molecule has 0 atom stereocenters. The molecule has 2 rings (SSSR count). The summed E-state index contributed by atoms with van der Waals surface area (Å²) >= 11 is 0. The Labute approximate surface area is 114 Å². The van der Waals surface area contributed by atoms with Gasteiger partial charge in [-0.1, -0.05) is 19.8 Å². The summed E-state index contributed by atoms with van der Waals surface area (Å²) in [7, 11) is 0. The highest BCUT2D eigenvalue weighted by Gasteiger charge is 2.19. The maximum atomic E-state index is 11.3. The molecule has 0 spiro atoms. The number of pyridine rings is 1. The lowest BCUT2D eigenvalue weighted by Crippen LogP contribution is -2.21. The third-order valence-electron chi connectivity index (χ3n) is 4.07. The topological polar surface area (TPSA) is 62.2 Å². The van der Waals surface area contributed by atoms with Crippen molar-refractivity contribution in [2.45, 2.75) is 39.5 Å². The first-order valence-corrected chi connectivity index (χ1v) is 7.00. The van der Waals surface area contributed by atoms with E-state index in [0.717, 1.165) is 18.0 Å². The largest absolute Gasteiger partial charge is 0.478 e. The van der Waals surface area contributed by atoms with Crippen LogP contribution in [0.25, 0.3) is 0 Å². The van der Waals surface area contributed by atoms with Crippen LogP contribution in [0.5, 0.6) is 0 Å². The summed E-state index contributed by atoms with van der Waals surface area (Å²) in [6, 6.07) is 1.73. The van der Waals surface area contributed by atoms with Gasteiger partial charge in [0.05, 0.1) is 0 Å². The fraction of sp³-hybridized carbons (Fsp3) is 0.600. The highest BCUT2D eigenvalue weighted by Crippen LogP contribution is 2.28. The van der Waals surface area contributed by atoms with Crippen molar-refractivity contribution in [2.75, 3.05) is 11.9 Å². The number of anilines is 1. The molecule has 2 N–H and O–H groups in total. The first kappa shape index (κ1) is 13.8. The van der Waals surface area contributed by atoms with Gasteiger partial charge in [0.15, 0.2) is 0 Å². The van der Waals surface area contributed by atoms with E-state index in [4.69, 9.17) is 0 Å². The lowest BCUT2D eigenvalue weighted by Gasteiger charge is -2.26. The molecular formula is C15H22N2O2. The Kier molecular flexibility index (Phi) is 4.40. The zero-order valence-corrected chi connectivity index (χ0v) is 11.6. The number of aromatic carboxylic acids is 1. The molecule has 19 heavy (non-hydrogen) atoms. The molecule has 1 aromatic rings. The molecule has 1 aliphatic carbocycles. The van der Waals surface area contributed by atoms with Crippen LogP contribution < -0.4 is 5.32 Å². The lowest BCUT2D eigenvalue weighted by atomic mass is 9.83. The fourth-order valence-corrected chi connectivity index (χ4v) is 2.74. The minimum absolute atomic E-state index is 0.298. The van der Waals surface area contributed by atoms with Gasteiger partial charge in [0.2, 0.25) is 0 Å². The van der Waals surface area contributed by atoms with Crippen molar-refractivity contribution >= 4 is 11.8 Å². The Morgan fingerprint density at radius 2 is 2.11 bits per heavy atom. The molecule has 1 fully saturated rings. The number of rotatable bonds is 4. The van der Waals surface area contributed by atoms with E-state index < -0.39 is 5.97 Å². The third-order valence-corrected chi connectivity index (χ3v) is 4.07. The number of carboxylic acid groups (broad SMARTS) is 1. The number of nitrogens with one attached hydrogen (secondary N) is 1. The quantitative estimate of drug-likeness (QED) is 0.873. The van der Waals surface area contributed by atoms with E-state index in [1.54, 1.807) is 19.2 Å². The Hall–Kier alpha value is -1.58. The van der Waals surface area contributed by atoms with E-state index in [-0.39, 0.29) is 0 Å². The van der Waals surface area contributed by atoms with Crippen LogP contribution in [0.4, 0.5) is 5.82 Å². The normalized spacial score (nSPS) is 23.1. The monoisotopic (exact) mass is 262 g/mol. The van der Waals surface area contributed by atoms with E-state index in [9.17, 15) is 9.90 Å². The summed E-state index contributed by atoms with van der Waals surface area (Å²) < 4.78 is 0. The minimum atomic E-state index is -0.912. The van der Waals surface area contributed by atoms with Crippen molar-refractivity contribution in [1.29, 1.82) is 0 Å². The van der Waals surface area contributed by atoms with Gasteiger partial charge in [-0.3, -0.25) is 0 Å². The molecule has 1 saturated carbocycles. The Balaban J connectivity index is 2.00. The van der Waals surface area contributed by atoms with E-state index >= 15 is 0 Å². The van der Waals surface area contributed by atoms with Crippen LogP contribution in [0.2, 0.25) is 0 Å². The number of nitrogens with zero attached hydrogens (tertiary/aromatic N) is 1. The molecule has 4 heteroatoms. The number of carboxylic acids is 1. The summed E-state index contributed by atoms with van der Waals surface area (Å²) in [5.74, 6) is 1.07. The van der Waals surface area contributed by atoms with Crippen molar-refractivity contribution < 1.29 is 9.90 Å². The first-order valence-electron chi connectivity index (χ1n) is 7.00. The third kappa shape index (κ3) is 3.46. The molecule has 1 aromatic heterocycles. The summed E-state index contributed by atoms with van der Waals surface area (Å²) in [5, 5.41) is 12.5. The van der Waals surface area contributed by atoms with Crippen LogP contribution in [-0.2, 0) is 0 Å². The van der Waals surface area contributed by atoms with Crippen molar-refractivity contribution in [2.24, 2.45) is 11.8 Å². The van der Waals surface area contributed by atoms with Crippen LogP contribution >= 0.6 is 0 Å². The lowest BCUT2D eigenvalue weighted by molar-refractivity contribution is 0.0696. The minimum Gasteiger partial charge on any atom is -0.478 e. The fourth-order valence-electron chi connectivity index (χ4n) is 2.74. The Morgan fingerprint density at radius 1 is 1.42 bits per heavy atom. The van der Waals surface area contributed by atoms with Gasteiger partial charge in [-0.25, -0.2) is 9.78 Å². The van der Waals surface area contributed by atoms with Gasteiger partial charge in [0, 0.05) is 12.7 Å². The molecular weight excluding hydrogens is 240 g/mol. The highest BCUT2D eigenvalue weighted by atomic mass is 16.4. The molecule has 0 aliphatic heterocycles. The van der Waals surface area contributed by atoms with Crippen molar-refractivity contribution in [3.05, 3.63) is 23.4 Å². The molecule has 104 valence electrons. The van der Waals surface area contributed by atoms with Crippen LogP contribution in [0.3, 0.4) is 0 Å². The van der Waals surface area contributed by atoms with Crippen molar-refractivity contribution in [1.82, 2.24) is 4.98 Å². The average Bonchev–Trinajstić information content (AvgIpc) is 2.37. The van der Waals surface area contributed by atoms with Gasteiger partial charge in [0.1, 0.15) is 11.4 Å². The zero-order valence-electron chi connectivity index (χ0n) is 11.6. The smallest absolute Gasteiger partial charge is 0.339 e. The number of carbonyl (C=O) groups is 1. The first-order chi connectivity index (χ1) is 9.08. The Bertz CT molecular complexity index is 451. The summed E-state index contributed by atoms with van der Waals surface area (Å²) in [6.45, 7) is 4.93. The molecule has 4 nitrogen and oxygen atoms in total. The number of hydrogen-bond donors (Lipinski definition) is 2.